The predicted octanol–water partition coefficient (Wildman–Crippen LogP) is 5.57. The molecule has 0 amide bonds. The first kappa shape index (κ1) is 17.6. The molecule has 1 aromatic carbocycles. The maximum atomic E-state index is 13.0. The van der Waals surface area contributed by atoms with Crippen LogP contribution in [0.5, 0.6) is 0 Å². The lowest BCUT2D eigenvalue weighted by Crippen LogP contribution is -2.12. The molecule has 0 saturated heterocycles. The van der Waals surface area contributed by atoms with Gasteiger partial charge in [-0.2, -0.15) is 13.2 Å². The average Bonchev–Trinajstić information content (AvgIpc) is 2.27. The molecule has 1 rings (SSSR count). The fraction of sp³-hybridized carbons (Fsp3) is 0.429. The Kier molecular flexibility index (Phi) is 6.19. The molecule has 19 heavy (non-hydrogen) atoms. The minimum absolute atomic E-state index is 0.256. The Balaban J connectivity index is 0.000000982. The SMILES string of the molecule is C=CC.CCc1cc(C(C)(F)F)cc(C(F)(F)F)c1. The summed E-state index contributed by atoms with van der Waals surface area (Å²) in [6.45, 7) is 7.45. The summed E-state index contributed by atoms with van der Waals surface area (Å²) < 4.78 is 63.2. The van der Waals surface area contributed by atoms with Crippen molar-refractivity contribution in [3.05, 3.63) is 47.5 Å². The molecule has 5 heteroatoms. The highest BCUT2D eigenvalue weighted by Gasteiger charge is 2.34. The highest BCUT2D eigenvalue weighted by atomic mass is 19.4. The standard InChI is InChI=1S/C11H11F5.C3H6/c1-3-7-4-8(10(2,12)13)6-9(5-7)11(14,15)16;1-3-2/h4-6H,3H2,1-2H3;3H,1H2,2H3. The summed E-state index contributed by atoms with van der Waals surface area (Å²) in [4.78, 5) is 0. The van der Waals surface area contributed by atoms with Gasteiger partial charge in [0, 0.05) is 12.5 Å². The minimum Gasteiger partial charge on any atom is -0.202 e. The molecule has 0 nitrogen and oxygen atoms in total. The molecule has 0 unspecified atom stereocenters. The van der Waals surface area contributed by atoms with Crippen molar-refractivity contribution in [2.75, 3.05) is 0 Å². The van der Waals surface area contributed by atoms with E-state index in [9.17, 15) is 22.0 Å². The van der Waals surface area contributed by atoms with Gasteiger partial charge in [0.05, 0.1) is 5.56 Å². The highest BCUT2D eigenvalue weighted by Crippen LogP contribution is 2.35. The number of allylic oxidation sites excluding steroid dienone is 1. The Morgan fingerprint density at radius 2 is 1.47 bits per heavy atom. The van der Waals surface area contributed by atoms with Gasteiger partial charge in [-0.1, -0.05) is 13.0 Å². The van der Waals surface area contributed by atoms with E-state index in [0.29, 0.717) is 13.0 Å². The van der Waals surface area contributed by atoms with Crippen molar-refractivity contribution in [2.24, 2.45) is 0 Å². The molecule has 0 atom stereocenters. The van der Waals surface area contributed by atoms with Crippen LogP contribution in [0.3, 0.4) is 0 Å². The third-order valence-corrected chi connectivity index (χ3v) is 2.24. The molecular weight excluding hydrogens is 263 g/mol. The van der Waals surface area contributed by atoms with Crippen LogP contribution >= 0.6 is 0 Å². The van der Waals surface area contributed by atoms with Crippen LogP contribution in [0.15, 0.2) is 30.9 Å². The van der Waals surface area contributed by atoms with E-state index in [1.165, 1.54) is 0 Å². The van der Waals surface area contributed by atoms with Crippen molar-refractivity contribution < 1.29 is 22.0 Å². The molecule has 0 saturated carbocycles. The summed E-state index contributed by atoms with van der Waals surface area (Å²) in [7, 11) is 0. The summed E-state index contributed by atoms with van der Waals surface area (Å²) in [5.74, 6) is -3.26. The van der Waals surface area contributed by atoms with Gasteiger partial charge in [-0.3, -0.25) is 0 Å². The van der Waals surface area contributed by atoms with Crippen LogP contribution in [-0.4, -0.2) is 0 Å². The van der Waals surface area contributed by atoms with Crippen LogP contribution in [0.2, 0.25) is 0 Å². The largest absolute Gasteiger partial charge is 0.416 e. The summed E-state index contributed by atoms with van der Waals surface area (Å²) in [5.41, 5.74) is -1.37. The fourth-order valence-corrected chi connectivity index (χ4v) is 1.31. The first-order valence-corrected chi connectivity index (χ1v) is 5.72. The van der Waals surface area contributed by atoms with Gasteiger partial charge in [-0.15, -0.1) is 6.58 Å². The van der Waals surface area contributed by atoms with E-state index in [-0.39, 0.29) is 12.0 Å². The number of hydrogen-bond acceptors (Lipinski definition) is 0. The Morgan fingerprint density at radius 1 is 1.05 bits per heavy atom. The molecule has 0 aliphatic carbocycles. The average molecular weight is 280 g/mol. The Morgan fingerprint density at radius 3 is 1.79 bits per heavy atom. The first-order valence-electron chi connectivity index (χ1n) is 5.72. The van der Waals surface area contributed by atoms with Crippen molar-refractivity contribution in [3.8, 4) is 0 Å². The zero-order valence-corrected chi connectivity index (χ0v) is 11.1. The number of hydrogen-bond donors (Lipinski definition) is 0. The molecule has 0 heterocycles. The van der Waals surface area contributed by atoms with E-state index >= 15 is 0 Å². The normalized spacial score (nSPS) is 11.6. The number of halogens is 5. The topological polar surface area (TPSA) is 0 Å². The molecule has 0 radical (unpaired) electrons. The smallest absolute Gasteiger partial charge is 0.202 e. The molecule has 0 spiro atoms. The number of benzene rings is 1. The molecular formula is C14H17F5. The highest BCUT2D eigenvalue weighted by molar-refractivity contribution is 5.34. The van der Waals surface area contributed by atoms with Crippen molar-refractivity contribution in [2.45, 2.75) is 39.3 Å². The van der Waals surface area contributed by atoms with Gasteiger partial charge in [0.2, 0.25) is 0 Å². The van der Waals surface area contributed by atoms with Gasteiger partial charge in [0.15, 0.2) is 0 Å². The Labute approximate surface area is 109 Å². The second kappa shape index (κ2) is 6.68. The number of rotatable bonds is 2. The van der Waals surface area contributed by atoms with Gasteiger partial charge in [0.25, 0.3) is 5.92 Å². The van der Waals surface area contributed by atoms with Crippen LogP contribution < -0.4 is 0 Å². The summed E-state index contributed by atoms with van der Waals surface area (Å²) >= 11 is 0. The quantitative estimate of drug-likeness (QED) is 0.490. The van der Waals surface area contributed by atoms with Crippen LogP contribution in [-0.2, 0) is 18.5 Å². The third kappa shape index (κ3) is 5.85. The molecule has 1 aromatic rings. The summed E-state index contributed by atoms with van der Waals surface area (Å²) in [5, 5.41) is 0. The van der Waals surface area contributed by atoms with Gasteiger partial charge < -0.3 is 0 Å². The van der Waals surface area contributed by atoms with E-state index in [4.69, 9.17) is 0 Å². The fourth-order valence-electron chi connectivity index (χ4n) is 1.31. The van der Waals surface area contributed by atoms with Crippen molar-refractivity contribution in [1.29, 1.82) is 0 Å². The van der Waals surface area contributed by atoms with Gasteiger partial charge >= 0.3 is 6.18 Å². The van der Waals surface area contributed by atoms with E-state index in [1.807, 2.05) is 6.92 Å². The minimum atomic E-state index is -4.59. The second-order valence-electron chi connectivity index (χ2n) is 4.07. The van der Waals surface area contributed by atoms with Crippen LogP contribution in [0, 0.1) is 0 Å². The van der Waals surface area contributed by atoms with E-state index in [0.717, 1.165) is 12.1 Å². The van der Waals surface area contributed by atoms with Crippen LogP contribution in [0.4, 0.5) is 22.0 Å². The van der Waals surface area contributed by atoms with E-state index in [1.54, 1.807) is 13.0 Å². The van der Waals surface area contributed by atoms with E-state index in [2.05, 4.69) is 6.58 Å². The lowest BCUT2D eigenvalue weighted by molar-refractivity contribution is -0.137. The molecule has 0 aromatic heterocycles. The van der Waals surface area contributed by atoms with Gasteiger partial charge in [-0.25, -0.2) is 8.78 Å². The van der Waals surface area contributed by atoms with Crippen molar-refractivity contribution >= 4 is 0 Å². The Bertz CT molecular complexity index is 381. The predicted molar refractivity (Wildman–Crippen MR) is 66.3 cm³/mol. The van der Waals surface area contributed by atoms with Gasteiger partial charge in [0.1, 0.15) is 0 Å². The second-order valence-corrected chi connectivity index (χ2v) is 4.07. The molecule has 0 aliphatic rings. The monoisotopic (exact) mass is 280 g/mol. The third-order valence-electron chi connectivity index (χ3n) is 2.24. The molecule has 0 aliphatic heterocycles. The van der Waals surface area contributed by atoms with Crippen LogP contribution in [0.1, 0.15) is 37.5 Å². The number of alkyl halides is 5. The maximum absolute atomic E-state index is 13.0. The van der Waals surface area contributed by atoms with E-state index < -0.39 is 23.2 Å². The zero-order chi connectivity index (χ0) is 15.3. The summed E-state index contributed by atoms with van der Waals surface area (Å²) in [6.07, 6.45) is -2.56. The lowest BCUT2D eigenvalue weighted by Gasteiger charge is -2.15. The molecule has 0 fully saturated rings. The summed E-state index contributed by atoms with van der Waals surface area (Å²) in [6, 6.07) is 2.50. The molecule has 0 N–H and O–H groups in total. The Hall–Kier alpha value is -1.39. The lowest BCUT2D eigenvalue weighted by atomic mass is 10.0. The molecule has 0 bridgehead atoms. The first-order chi connectivity index (χ1) is 8.56. The van der Waals surface area contributed by atoms with Crippen LogP contribution in [0.25, 0.3) is 0 Å². The number of aryl methyl sites for hydroxylation is 1. The molecule has 108 valence electrons. The van der Waals surface area contributed by atoms with Gasteiger partial charge in [-0.05, 0) is 37.1 Å². The maximum Gasteiger partial charge on any atom is 0.416 e. The van der Waals surface area contributed by atoms with Crippen molar-refractivity contribution in [3.63, 3.8) is 0 Å². The van der Waals surface area contributed by atoms with Crippen molar-refractivity contribution in [1.82, 2.24) is 0 Å². The zero-order valence-electron chi connectivity index (χ0n) is 11.1.